The van der Waals surface area contributed by atoms with Crippen LogP contribution in [0.2, 0.25) is 0 Å². The predicted octanol–water partition coefficient (Wildman–Crippen LogP) is 2.46. The molecule has 0 aliphatic carbocycles. The Morgan fingerprint density at radius 2 is 1.31 bits per heavy atom. The molecule has 0 heterocycles. The lowest BCUT2D eigenvalue weighted by Crippen LogP contribution is -2.37. The monoisotopic (exact) mass is 256 g/mol. The van der Waals surface area contributed by atoms with Crippen molar-refractivity contribution in [3.8, 4) is 0 Å². The van der Waals surface area contributed by atoms with Crippen LogP contribution in [0.3, 0.4) is 0 Å². The van der Waals surface area contributed by atoms with E-state index in [0.29, 0.717) is 7.11 Å². The molecule has 9 heteroatoms. The van der Waals surface area contributed by atoms with Crippen molar-refractivity contribution in [2.45, 2.75) is 25.2 Å². The Morgan fingerprint density at radius 1 is 0.875 bits per heavy atom. The molecule has 0 saturated carbocycles. The molecule has 0 atom stereocenters. The predicted molar refractivity (Wildman–Crippen MR) is 39.4 cm³/mol. The van der Waals surface area contributed by atoms with Gasteiger partial charge in [-0.15, -0.1) is 0 Å². The van der Waals surface area contributed by atoms with Crippen molar-refractivity contribution < 1.29 is 40.6 Å². The normalized spacial score (nSPS) is 14.2. The summed E-state index contributed by atoms with van der Waals surface area (Å²) < 4.78 is 83.9. The molecule has 0 bridgehead atoms. The van der Waals surface area contributed by atoms with E-state index in [1.165, 1.54) is 0 Å². The molecular formula is C7H10F6O3. The summed E-state index contributed by atoms with van der Waals surface area (Å²) in [5.74, 6) is 0. The minimum Gasteiger partial charge on any atom is -0.363 e. The molecule has 0 N–H and O–H groups in total. The van der Waals surface area contributed by atoms with E-state index in [0.717, 1.165) is 0 Å². The molecule has 0 aliphatic rings. The zero-order valence-electron chi connectivity index (χ0n) is 8.41. The maximum atomic E-state index is 12.5. The largest absolute Gasteiger partial charge is 0.383 e. The van der Waals surface area contributed by atoms with Gasteiger partial charge in [0.25, 0.3) is 0 Å². The molecule has 0 saturated heterocycles. The number of hydrogen-bond acceptors (Lipinski definition) is 3. The van der Waals surface area contributed by atoms with Crippen LogP contribution in [-0.2, 0) is 14.2 Å². The lowest BCUT2D eigenvalue weighted by molar-refractivity contribution is -0.382. The first-order valence-electron chi connectivity index (χ1n) is 3.94. The summed E-state index contributed by atoms with van der Waals surface area (Å²) in [6.45, 7) is -3.13. The highest BCUT2D eigenvalue weighted by Gasteiger charge is 2.42. The van der Waals surface area contributed by atoms with Gasteiger partial charge in [0.2, 0.25) is 0 Å². The van der Waals surface area contributed by atoms with Gasteiger partial charge in [-0.3, -0.25) is 4.74 Å². The minimum atomic E-state index is -4.36. The Bertz CT molecular complexity index is 215. The highest BCUT2D eigenvalue weighted by Crippen LogP contribution is 2.27. The lowest BCUT2D eigenvalue weighted by atomic mass is 10.6. The van der Waals surface area contributed by atoms with E-state index in [-0.39, 0.29) is 6.92 Å². The number of hydrogen-bond donors (Lipinski definition) is 0. The molecule has 98 valence electrons. The number of alkyl halides is 6. The Kier molecular flexibility index (Phi) is 5.02. The van der Waals surface area contributed by atoms with E-state index < -0.39 is 31.5 Å². The van der Waals surface area contributed by atoms with Crippen molar-refractivity contribution in [1.29, 1.82) is 0 Å². The van der Waals surface area contributed by atoms with Crippen LogP contribution in [0.15, 0.2) is 0 Å². The topological polar surface area (TPSA) is 27.7 Å². The molecule has 0 spiro atoms. The van der Waals surface area contributed by atoms with Crippen LogP contribution in [0.5, 0.6) is 0 Å². The average molecular weight is 256 g/mol. The summed E-state index contributed by atoms with van der Waals surface area (Å²) in [5.41, 5.74) is 0. The second-order valence-electron chi connectivity index (χ2n) is 2.88. The second kappa shape index (κ2) is 5.19. The first kappa shape index (κ1) is 15.5. The molecule has 0 aromatic rings. The molecule has 0 radical (unpaired) electrons. The number of ether oxygens (including phenoxy) is 3. The van der Waals surface area contributed by atoms with Crippen LogP contribution >= 0.6 is 0 Å². The van der Waals surface area contributed by atoms with Gasteiger partial charge in [0, 0.05) is 14.0 Å². The summed E-state index contributed by atoms with van der Waals surface area (Å²) in [6, 6.07) is 0. The third-order valence-electron chi connectivity index (χ3n) is 1.17. The van der Waals surface area contributed by atoms with Gasteiger partial charge in [0.15, 0.2) is 0 Å². The van der Waals surface area contributed by atoms with Gasteiger partial charge in [-0.2, -0.15) is 26.3 Å². The standard InChI is InChI=1S/C7H10F6O3/c1-5(8,9)16-7(12,13)4-15-3-6(10,11)14-2/h3-4H2,1-2H3. The molecule has 0 aromatic carbocycles. The van der Waals surface area contributed by atoms with E-state index in [4.69, 9.17) is 0 Å². The smallest absolute Gasteiger partial charge is 0.363 e. The fourth-order valence-corrected chi connectivity index (χ4v) is 0.639. The molecule has 0 aliphatic heterocycles. The van der Waals surface area contributed by atoms with Gasteiger partial charge < -0.3 is 9.47 Å². The van der Waals surface area contributed by atoms with E-state index in [2.05, 4.69) is 14.2 Å². The maximum Gasteiger partial charge on any atom is 0.383 e. The van der Waals surface area contributed by atoms with Crippen LogP contribution in [0.25, 0.3) is 0 Å². The number of rotatable bonds is 7. The highest BCUT2D eigenvalue weighted by molar-refractivity contribution is 4.56. The van der Waals surface area contributed by atoms with Gasteiger partial charge in [-0.1, -0.05) is 0 Å². The second-order valence-corrected chi connectivity index (χ2v) is 2.88. The summed E-state index contributed by atoms with van der Waals surface area (Å²) in [4.78, 5) is 0. The van der Waals surface area contributed by atoms with Gasteiger partial charge in [0.05, 0.1) is 0 Å². The first-order valence-corrected chi connectivity index (χ1v) is 3.94. The zero-order valence-corrected chi connectivity index (χ0v) is 8.41. The van der Waals surface area contributed by atoms with E-state index >= 15 is 0 Å². The molecular weight excluding hydrogens is 246 g/mol. The average Bonchev–Trinajstić information content (AvgIpc) is 1.98. The maximum absolute atomic E-state index is 12.5. The first-order chi connectivity index (χ1) is 6.97. The molecule has 0 unspecified atom stereocenters. The van der Waals surface area contributed by atoms with Crippen LogP contribution in [-0.4, -0.2) is 38.6 Å². The molecule has 0 rings (SSSR count). The van der Waals surface area contributed by atoms with Gasteiger partial charge >= 0.3 is 18.3 Å². The van der Waals surface area contributed by atoms with Crippen molar-refractivity contribution in [3.63, 3.8) is 0 Å². The summed E-state index contributed by atoms with van der Waals surface area (Å²) in [6.07, 6.45) is -12.2. The Labute approximate surface area is 87.3 Å². The minimum absolute atomic E-state index is 0.0880. The summed E-state index contributed by atoms with van der Waals surface area (Å²) in [7, 11) is 0.637. The van der Waals surface area contributed by atoms with Crippen molar-refractivity contribution >= 4 is 0 Å². The van der Waals surface area contributed by atoms with Gasteiger partial charge in [-0.05, 0) is 0 Å². The fraction of sp³-hybridized carbons (Fsp3) is 1.00. The van der Waals surface area contributed by atoms with Crippen molar-refractivity contribution in [3.05, 3.63) is 0 Å². The highest BCUT2D eigenvalue weighted by atomic mass is 19.3. The zero-order chi connectivity index (χ0) is 13.0. The van der Waals surface area contributed by atoms with Gasteiger partial charge in [0.1, 0.15) is 13.2 Å². The van der Waals surface area contributed by atoms with Crippen LogP contribution in [0, 0.1) is 0 Å². The van der Waals surface area contributed by atoms with Gasteiger partial charge in [-0.25, -0.2) is 0 Å². The lowest BCUT2D eigenvalue weighted by Gasteiger charge is -2.21. The number of halogens is 6. The van der Waals surface area contributed by atoms with Crippen LogP contribution in [0.1, 0.15) is 6.92 Å². The van der Waals surface area contributed by atoms with Crippen LogP contribution < -0.4 is 0 Å². The molecule has 16 heavy (non-hydrogen) atoms. The fourth-order valence-electron chi connectivity index (χ4n) is 0.639. The molecule has 0 amide bonds. The Hall–Kier alpha value is -0.540. The third kappa shape index (κ3) is 7.71. The quantitative estimate of drug-likeness (QED) is 0.655. The third-order valence-corrected chi connectivity index (χ3v) is 1.17. The van der Waals surface area contributed by atoms with Crippen LogP contribution in [0.4, 0.5) is 26.3 Å². The van der Waals surface area contributed by atoms with Crippen molar-refractivity contribution in [2.75, 3.05) is 20.3 Å². The summed E-state index contributed by atoms with van der Waals surface area (Å²) in [5, 5.41) is 0. The van der Waals surface area contributed by atoms with Crippen molar-refractivity contribution in [2.24, 2.45) is 0 Å². The Morgan fingerprint density at radius 3 is 1.69 bits per heavy atom. The van der Waals surface area contributed by atoms with E-state index in [1.54, 1.807) is 0 Å². The van der Waals surface area contributed by atoms with E-state index in [1.807, 2.05) is 0 Å². The molecule has 0 aromatic heterocycles. The molecule has 0 fully saturated rings. The van der Waals surface area contributed by atoms with E-state index in [9.17, 15) is 26.3 Å². The van der Waals surface area contributed by atoms with Crippen molar-refractivity contribution in [1.82, 2.24) is 0 Å². The Balaban J connectivity index is 4.01. The SMILES string of the molecule is COC(F)(F)COCC(F)(F)OC(C)(F)F. The number of methoxy groups -OCH3 is 1. The molecule has 3 nitrogen and oxygen atoms in total. The summed E-state index contributed by atoms with van der Waals surface area (Å²) >= 11 is 0.